The topological polar surface area (TPSA) is 20.2 Å². The van der Waals surface area contributed by atoms with Gasteiger partial charge in [0.1, 0.15) is 0 Å². The zero-order valence-electron chi connectivity index (χ0n) is 9.08. The molecule has 0 aromatic carbocycles. The number of aliphatic hydroxyl groups excluding tert-OH is 1. The predicted octanol–water partition coefficient (Wildman–Crippen LogP) is 3.51. The Morgan fingerprint density at radius 2 is 1.93 bits per heavy atom. The molecule has 0 bridgehead atoms. The number of hydrogen-bond donors (Lipinski definition) is 1. The van der Waals surface area contributed by atoms with E-state index in [0.29, 0.717) is 4.58 Å². The molecule has 1 fully saturated rings. The van der Waals surface area contributed by atoms with Crippen LogP contribution in [0.25, 0.3) is 0 Å². The van der Waals surface area contributed by atoms with Gasteiger partial charge < -0.3 is 5.11 Å². The standard InChI is InChI=1S/C11H22OS2/c1-2-3-4-5-7-10(12)11-13-8-6-9-14-11/h10-12H,2-9H2,1H3. The van der Waals surface area contributed by atoms with E-state index < -0.39 is 0 Å². The van der Waals surface area contributed by atoms with Crippen LogP contribution >= 0.6 is 23.5 Å². The van der Waals surface area contributed by atoms with E-state index in [4.69, 9.17) is 0 Å². The Morgan fingerprint density at radius 1 is 1.21 bits per heavy atom. The first kappa shape index (κ1) is 12.7. The van der Waals surface area contributed by atoms with Gasteiger partial charge in [-0.1, -0.05) is 32.6 Å². The summed E-state index contributed by atoms with van der Waals surface area (Å²) in [6.45, 7) is 2.23. The van der Waals surface area contributed by atoms with Crippen molar-refractivity contribution in [2.75, 3.05) is 11.5 Å². The molecule has 1 rings (SSSR count). The summed E-state index contributed by atoms with van der Waals surface area (Å²) in [7, 11) is 0. The summed E-state index contributed by atoms with van der Waals surface area (Å²) >= 11 is 3.90. The second-order valence-electron chi connectivity index (χ2n) is 3.88. The van der Waals surface area contributed by atoms with Crippen molar-refractivity contribution in [3.8, 4) is 0 Å². The van der Waals surface area contributed by atoms with Crippen molar-refractivity contribution in [3.63, 3.8) is 0 Å². The minimum absolute atomic E-state index is 0.0674. The highest BCUT2D eigenvalue weighted by Crippen LogP contribution is 2.34. The fourth-order valence-electron chi connectivity index (χ4n) is 1.64. The molecule has 0 aliphatic carbocycles. The van der Waals surface area contributed by atoms with E-state index in [1.807, 2.05) is 23.5 Å². The van der Waals surface area contributed by atoms with Crippen molar-refractivity contribution in [2.45, 2.75) is 56.1 Å². The van der Waals surface area contributed by atoms with Gasteiger partial charge in [-0.3, -0.25) is 0 Å². The minimum atomic E-state index is -0.0674. The van der Waals surface area contributed by atoms with Crippen LogP contribution in [0.3, 0.4) is 0 Å². The van der Waals surface area contributed by atoms with Crippen molar-refractivity contribution in [1.29, 1.82) is 0 Å². The van der Waals surface area contributed by atoms with E-state index >= 15 is 0 Å². The average molecular weight is 234 g/mol. The first-order valence-electron chi connectivity index (χ1n) is 5.76. The van der Waals surface area contributed by atoms with Crippen LogP contribution in [0.5, 0.6) is 0 Å². The van der Waals surface area contributed by atoms with Crippen LogP contribution < -0.4 is 0 Å². The molecule has 1 atom stereocenters. The Morgan fingerprint density at radius 3 is 2.57 bits per heavy atom. The number of hydrogen-bond acceptors (Lipinski definition) is 3. The van der Waals surface area contributed by atoms with Gasteiger partial charge in [0.15, 0.2) is 0 Å². The average Bonchev–Trinajstić information content (AvgIpc) is 2.25. The third-order valence-electron chi connectivity index (χ3n) is 2.52. The van der Waals surface area contributed by atoms with Crippen LogP contribution in [-0.2, 0) is 0 Å². The van der Waals surface area contributed by atoms with Crippen LogP contribution in [-0.4, -0.2) is 27.3 Å². The normalized spacial score (nSPS) is 21.0. The molecule has 84 valence electrons. The zero-order chi connectivity index (χ0) is 10.2. The van der Waals surface area contributed by atoms with Crippen molar-refractivity contribution >= 4 is 23.5 Å². The molecule has 0 spiro atoms. The molecule has 0 aromatic rings. The van der Waals surface area contributed by atoms with E-state index in [2.05, 4.69) is 6.92 Å². The molecule has 1 saturated heterocycles. The molecule has 0 aromatic heterocycles. The summed E-state index contributed by atoms with van der Waals surface area (Å²) in [5, 5.41) is 9.93. The fourth-order valence-corrected chi connectivity index (χ4v) is 4.59. The van der Waals surface area contributed by atoms with Crippen LogP contribution in [0.15, 0.2) is 0 Å². The van der Waals surface area contributed by atoms with Gasteiger partial charge in [0.05, 0.1) is 10.7 Å². The molecular weight excluding hydrogens is 212 g/mol. The van der Waals surface area contributed by atoms with Gasteiger partial charge in [-0.15, -0.1) is 23.5 Å². The largest absolute Gasteiger partial charge is 0.391 e. The molecule has 1 unspecified atom stereocenters. The lowest BCUT2D eigenvalue weighted by Crippen LogP contribution is -2.23. The van der Waals surface area contributed by atoms with Gasteiger partial charge in [-0.05, 0) is 24.3 Å². The third-order valence-corrected chi connectivity index (χ3v) is 5.67. The molecular formula is C11H22OS2. The monoisotopic (exact) mass is 234 g/mol. The van der Waals surface area contributed by atoms with E-state index in [0.717, 1.165) is 6.42 Å². The second kappa shape index (κ2) is 7.89. The van der Waals surface area contributed by atoms with E-state index in [1.165, 1.54) is 43.6 Å². The molecule has 14 heavy (non-hydrogen) atoms. The second-order valence-corrected chi connectivity index (χ2v) is 6.68. The Balaban J connectivity index is 2.04. The molecule has 0 radical (unpaired) electrons. The van der Waals surface area contributed by atoms with Crippen LogP contribution in [0.4, 0.5) is 0 Å². The van der Waals surface area contributed by atoms with Gasteiger partial charge in [-0.2, -0.15) is 0 Å². The maximum atomic E-state index is 9.93. The van der Waals surface area contributed by atoms with Gasteiger partial charge in [-0.25, -0.2) is 0 Å². The van der Waals surface area contributed by atoms with Crippen molar-refractivity contribution in [3.05, 3.63) is 0 Å². The van der Waals surface area contributed by atoms with Gasteiger partial charge >= 0.3 is 0 Å². The van der Waals surface area contributed by atoms with Gasteiger partial charge in [0.25, 0.3) is 0 Å². The first-order chi connectivity index (χ1) is 6.84. The van der Waals surface area contributed by atoms with Crippen LogP contribution in [0.2, 0.25) is 0 Å². The molecule has 0 saturated carbocycles. The number of aliphatic hydroxyl groups is 1. The number of unbranched alkanes of at least 4 members (excludes halogenated alkanes) is 3. The van der Waals surface area contributed by atoms with E-state index in [1.54, 1.807) is 0 Å². The molecule has 1 aliphatic rings. The number of rotatable bonds is 6. The fraction of sp³-hybridized carbons (Fsp3) is 1.00. The van der Waals surface area contributed by atoms with Crippen LogP contribution in [0.1, 0.15) is 45.4 Å². The smallest absolute Gasteiger partial charge is 0.0761 e. The first-order valence-corrected chi connectivity index (χ1v) is 7.85. The Labute approximate surface area is 96.4 Å². The highest BCUT2D eigenvalue weighted by molar-refractivity contribution is 8.17. The highest BCUT2D eigenvalue weighted by atomic mass is 32.2. The Hall–Kier alpha value is 0.660. The molecule has 1 aliphatic heterocycles. The lowest BCUT2D eigenvalue weighted by molar-refractivity contribution is 0.177. The minimum Gasteiger partial charge on any atom is -0.391 e. The third kappa shape index (κ3) is 4.94. The molecule has 3 heteroatoms. The van der Waals surface area contributed by atoms with Crippen molar-refractivity contribution in [2.24, 2.45) is 0 Å². The van der Waals surface area contributed by atoms with Gasteiger partial charge in [0.2, 0.25) is 0 Å². The quantitative estimate of drug-likeness (QED) is 0.710. The Bertz CT molecular complexity index is 135. The summed E-state index contributed by atoms with van der Waals surface area (Å²) in [5.74, 6) is 2.48. The molecule has 1 N–H and O–H groups in total. The predicted molar refractivity (Wildman–Crippen MR) is 68.1 cm³/mol. The van der Waals surface area contributed by atoms with Crippen LogP contribution in [0, 0.1) is 0 Å². The van der Waals surface area contributed by atoms with E-state index in [-0.39, 0.29) is 6.10 Å². The SMILES string of the molecule is CCCCCCC(O)C1SCCCS1. The van der Waals surface area contributed by atoms with Gasteiger partial charge in [0, 0.05) is 0 Å². The summed E-state index contributed by atoms with van der Waals surface area (Å²) < 4.78 is 0.463. The summed E-state index contributed by atoms with van der Waals surface area (Å²) in [5.41, 5.74) is 0. The lowest BCUT2D eigenvalue weighted by atomic mass is 10.1. The zero-order valence-corrected chi connectivity index (χ0v) is 10.7. The Kier molecular flexibility index (Phi) is 7.17. The highest BCUT2D eigenvalue weighted by Gasteiger charge is 2.22. The molecule has 0 amide bonds. The lowest BCUT2D eigenvalue weighted by Gasteiger charge is -2.25. The summed E-state index contributed by atoms with van der Waals surface area (Å²) in [6.07, 6.45) is 7.34. The van der Waals surface area contributed by atoms with Crippen molar-refractivity contribution < 1.29 is 5.11 Å². The van der Waals surface area contributed by atoms with Crippen molar-refractivity contribution in [1.82, 2.24) is 0 Å². The summed E-state index contributed by atoms with van der Waals surface area (Å²) in [4.78, 5) is 0. The number of thioether (sulfide) groups is 2. The molecule has 1 heterocycles. The maximum Gasteiger partial charge on any atom is 0.0761 e. The maximum absolute atomic E-state index is 9.93. The van der Waals surface area contributed by atoms with E-state index in [9.17, 15) is 5.11 Å². The summed E-state index contributed by atoms with van der Waals surface area (Å²) in [6, 6.07) is 0. The molecule has 1 nitrogen and oxygen atoms in total.